The lowest BCUT2D eigenvalue weighted by Gasteiger charge is -2.38. The van der Waals surface area contributed by atoms with Crippen LogP contribution in [0, 0.1) is 11.8 Å². The van der Waals surface area contributed by atoms with Crippen LogP contribution in [0.2, 0.25) is 0 Å². The van der Waals surface area contributed by atoms with Gasteiger partial charge in [-0.25, -0.2) is 0 Å². The summed E-state index contributed by atoms with van der Waals surface area (Å²) in [7, 11) is 2.22. The molecule has 2 fully saturated rings. The maximum Gasteiger partial charge on any atom is 0.222 e. The number of likely N-dealkylation sites (tertiary alicyclic amines) is 1. The van der Waals surface area contributed by atoms with E-state index in [2.05, 4.69) is 35.6 Å². The number of hydrogen-bond acceptors (Lipinski definition) is 3. The maximum absolute atomic E-state index is 12.0. The molecule has 2 heterocycles. The Morgan fingerprint density at radius 2 is 1.55 bits per heavy atom. The van der Waals surface area contributed by atoms with Crippen molar-refractivity contribution in [1.82, 2.24) is 14.7 Å². The molecule has 2 rings (SSSR count). The Morgan fingerprint density at radius 3 is 2.05 bits per heavy atom. The van der Waals surface area contributed by atoms with Gasteiger partial charge < -0.3 is 9.80 Å². The van der Waals surface area contributed by atoms with Crippen molar-refractivity contribution in [3.05, 3.63) is 0 Å². The minimum Gasteiger partial charge on any atom is -0.340 e. The second kappa shape index (κ2) is 10.2. The van der Waals surface area contributed by atoms with Crippen molar-refractivity contribution in [3.63, 3.8) is 0 Å². The molecular formula is C18H37N3O. The van der Waals surface area contributed by atoms with Crippen molar-refractivity contribution >= 4 is 5.91 Å². The average molecular weight is 312 g/mol. The topological polar surface area (TPSA) is 26.8 Å². The molecule has 130 valence electrons. The largest absolute Gasteiger partial charge is 0.340 e. The van der Waals surface area contributed by atoms with Crippen LogP contribution in [0.25, 0.3) is 0 Å². The maximum atomic E-state index is 12.0. The number of amides is 1. The molecule has 0 aromatic rings. The first-order valence-corrected chi connectivity index (χ1v) is 9.23. The molecule has 0 N–H and O–H groups in total. The van der Waals surface area contributed by atoms with E-state index < -0.39 is 0 Å². The Morgan fingerprint density at radius 1 is 1.00 bits per heavy atom. The third kappa shape index (κ3) is 6.66. The summed E-state index contributed by atoms with van der Waals surface area (Å²) in [6.07, 6.45) is 3.38. The molecule has 0 bridgehead atoms. The van der Waals surface area contributed by atoms with Crippen molar-refractivity contribution in [2.24, 2.45) is 11.8 Å². The number of hydrogen-bond donors (Lipinski definition) is 0. The minimum atomic E-state index is 0.346. The normalized spacial score (nSPS) is 21.6. The summed E-state index contributed by atoms with van der Waals surface area (Å²) in [6.45, 7) is 16.0. The highest BCUT2D eigenvalue weighted by molar-refractivity contribution is 5.76. The van der Waals surface area contributed by atoms with E-state index in [-0.39, 0.29) is 0 Å². The summed E-state index contributed by atoms with van der Waals surface area (Å²) < 4.78 is 0. The Hall–Kier alpha value is -0.610. The van der Waals surface area contributed by atoms with Gasteiger partial charge in [0.05, 0.1) is 0 Å². The van der Waals surface area contributed by atoms with Crippen LogP contribution in [0.3, 0.4) is 0 Å². The number of carbonyl (C=O) groups is 1. The van der Waals surface area contributed by atoms with Crippen molar-refractivity contribution in [1.29, 1.82) is 0 Å². The quantitative estimate of drug-likeness (QED) is 0.798. The summed E-state index contributed by atoms with van der Waals surface area (Å²) in [5.41, 5.74) is 0. The van der Waals surface area contributed by atoms with Crippen LogP contribution >= 0.6 is 0 Å². The van der Waals surface area contributed by atoms with E-state index in [1.54, 1.807) is 0 Å². The van der Waals surface area contributed by atoms with Gasteiger partial charge in [-0.3, -0.25) is 9.69 Å². The van der Waals surface area contributed by atoms with Gasteiger partial charge in [0.2, 0.25) is 5.91 Å². The molecule has 4 heteroatoms. The van der Waals surface area contributed by atoms with Crippen LogP contribution in [0.5, 0.6) is 0 Å². The van der Waals surface area contributed by atoms with Gasteiger partial charge in [-0.1, -0.05) is 27.7 Å². The zero-order chi connectivity index (χ0) is 16.5. The molecule has 0 atom stereocenters. The van der Waals surface area contributed by atoms with Gasteiger partial charge in [0.25, 0.3) is 0 Å². The summed E-state index contributed by atoms with van der Waals surface area (Å²) >= 11 is 0. The van der Waals surface area contributed by atoms with E-state index >= 15 is 0 Å². The van der Waals surface area contributed by atoms with Gasteiger partial charge in [0.1, 0.15) is 0 Å². The van der Waals surface area contributed by atoms with Gasteiger partial charge >= 0.3 is 0 Å². The van der Waals surface area contributed by atoms with Crippen LogP contribution in [0.15, 0.2) is 0 Å². The van der Waals surface area contributed by atoms with Crippen LogP contribution in [0.4, 0.5) is 0 Å². The Bertz CT molecular complexity index is 303. The van der Waals surface area contributed by atoms with Crippen LogP contribution < -0.4 is 0 Å². The first kappa shape index (κ1) is 19.4. The lowest BCUT2D eigenvalue weighted by molar-refractivity contribution is -0.133. The van der Waals surface area contributed by atoms with Crippen molar-refractivity contribution in [3.8, 4) is 0 Å². The molecule has 22 heavy (non-hydrogen) atoms. The Kier molecular flexibility index (Phi) is 9.03. The number of rotatable bonds is 4. The fraction of sp³-hybridized carbons (Fsp3) is 0.944. The van der Waals surface area contributed by atoms with Crippen LogP contribution in [-0.4, -0.2) is 73.5 Å². The lowest BCUT2D eigenvalue weighted by Crippen LogP contribution is -2.50. The second-order valence-corrected chi connectivity index (χ2v) is 7.03. The molecule has 1 amide bonds. The molecule has 0 spiro atoms. The van der Waals surface area contributed by atoms with Gasteiger partial charge in [0, 0.05) is 39.1 Å². The van der Waals surface area contributed by atoms with E-state index in [1.165, 1.54) is 32.5 Å². The van der Waals surface area contributed by atoms with E-state index in [0.29, 0.717) is 18.2 Å². The highest BCUT2D eigenvalue weighted by atomic mass is 16.2. The second-order valence-electron chi connectivity index (χ2n) is 7.03. The summed E-state index contributed by atoms with van der Waals surface area (Å²) in [5.74, 6) is 1.68. The van der Waals surface area contributed by atoms with Crippen molar-refractivity contribution in [2.75, 3.05) is 52.9 Å². The molecule has 0 saturated carbocycles. The molecule has 0 aliphatic carbocycles. The standard InChI is InChI=1S/C16H31N3O.C2H6/c1-14(2)12-16(20)19-10-8-18(9-11-19)13-15-4-6-17(3)7-5-15;1-2/h14-15H,4-13H2,1-3H3;1-2H3. The third-order valence-corrected chi connectivity index (χ3v) is 4.66. The van der Waals surface area contributed by atoms with E-state index in [0.717, 1.165) is 32.1 Å². The number of carbonyl (C=O) groups excluding carboxylic acids is 1. The van der Waals surface area contributed by atoms with Crippen molar-refractivity contribution in [2.45, 2.75) is 47.0 Å². The minimum absolute atomic E-state index is 0.346. The van der Waals surface area contributed by atoms with Crippen LogP contribution in [0.1, 0.15) is 47.0 Å². The summed E-state index contributed by atoms with van der Waals surface area (Å²) in [4.78, 5) is 19.1. The smallest absolute Gasteiger partial charge is 0.222 e. The molecule has 2 aliphatic rings. The SMILES string of the molecule is CC.CC(C)CC(=O)N1CCN(CC2CCN(C)CC2)CC1. The molecule has 2 aliphatic heterocycles. The van der Waals surface area contributed by atoms with Gasteiger partial charge in [-0.05, 0) is 44.8 Å². The number of piperazine rings is 1. The van der Waals surface area contributed by atoms with Gasteiger partial charge in [0.15, 0.2) is 0 Å². The summed E-state index contributed by atoms with van der Waals surface area (Å²) in [6, 6.07) is 0. The molecule has 0 aromatic carbocycles. The molecule has 2 saturated heterocycles. The Labute approximate surface area is 137 Å². The first-order chi connectivity index (χ1) is 10.5. The zero-order valence-electron chi connectivity index (χ0n) is 15.5. The molecule has 4 nitrogen and oxygen atoms in total. The fourth-order valence-electron chi connectivity index (χ4n) is 3.27. The highest BCUT2D eigenvalue weighted by Crippen LogP contribution is 2.18. The van der Waals surface area contributed by atoms with Crippen molar-refractivity contribution < 1.29 is 4.79 Å². The van der Waals surface area contributed by atoms with E-state index in [4.69, 9.17) is 0 Å². The van der Waals surface area contributed by atoms with E-state index in [9.17, 15) is 4.79 Å². The zero-order valence-corrected chi connectivity index (χ0v) is 15.5. The molecule has 0 radical (unpaired) electrons. The lowest BCUT2D eigenvalue weighted by atomic mass is 9.96. The van der Waals surface area contributed by atoms with Gasteiger partial charge in [-0.15, -0.1) is 0 Å². The third-order valence-electron chi connectivity index (χ3n) is 4.66. The van der Waals surface area contributed by atoms with Gasteiger partial charge in [-0.2, -0.15) is 0 Å². The number of nitrogens with zero attached hydrogens (tertiary/aromatic N) is 3. The fourth-order valence-corrected chi connectivity index (χ4v) is 3.27. The summed E-state index contributed by atoms with van der Waals surface area (Å²) in [5, 5.41) is 0. The van der Waals surface area contributed by atoms with E-state index in [1.807, 2.05) is 13.8 Å². The Balaban J connectivity index is 0.00000116. The predicted octanol–water partition coefficient (Wildman–Crippen LogP) is 2.54. The highest BCUT2D eigenvalue weighted by Gasteiger charge is 2.24. The predicted molar refractivity (Wildman–Crippen MR) is 94.0 cm³/mol. The van der Waals surface area contributed by atoms with Crippen LogP contribution in [-0.2, 0) is 4.79 Å². The first-order valence-electron chi connectivity index (χ1n) is 9.23. The average Bonchev–Trinajstić information content (AvgIpc) is 2.51. The molecule has 0 aromatic heterocycles. The molecule has 0 unspecified atom stereocenters. The molecular weight excluding hydrogens is 274 g/mol. The monoisotopic (exact) mass is 311 g/mol. The number of piperidine rings is 1.